The van der Waals surface area contributed by atoms with E-state index in [1.165, 1.54) is 23.9 Å². The Kier molecular flexibility index (Phi) is 8.77. The lowest BCUT2D eigenvalue weighted by molar-refractivity contribution is -0.384. The first-order chi connectivity index (χ1) is 21.0. The molecule has 0 radical (unpaired) electrons. The van der Waals surface area contributed by atoms with Crippen molar-refractivity contribution in [2.45, 2.75) is 21.8 Å². The van der Waals surface area contributed by atoms with Gasteiger partial charge in [0.25, 0.3) is 5.69 Å². The first kappa shape index (κ1) is 28.6. The molecule has 0 aliphatic rings. The Morgan fingerprint density at radius 3 is 2.37 bits per heavy atom. The molecular weight excluding hydrogens is 601 g/mol. The maximum Gasteiger partial charge on any atom is 0.269 e. The number of rotatable bonds is 11. The van der Waals surface area contributed by atoms with Crippen molar-refractivity contribution in [3.8, 4) is 11.4 Å². The summed E-state index contributed by atoms with van der Waals surface area (Å²) in [5.41, 5.74) is 4.69. The molecule has 2 heterocycles. The Balaban J connectivity index is 1.10. The van der Waals surface area contributed by atoms with Crippen molar-refractivity contribution in [3.05, 3.63) is 124 Å². The summed E-state index contributed by atoms with van der Waals surface area (Å²) in [4.78, 5) is 28.1. The predicted molar refractivity (Wildman–Crippen MR) is 173 cm³/mol. The maximum atomic E-state index is 13.0. The van der Waals surface area contributed by atoms with Crippen LogP contribution >= 0.6 is 34.9 Å². The molecule has 1 N–H and O–H groups in total. The van der Waals surface area contributed by atoms with E-state index in [2.05, 4.69) is 32.6 Å². The summed E-state index contributed by atoms with van der Waals surface area (Å²) < 4.78 is 3.90. The molecule has 0 atom stereocenters. The van der Waals surface area contributed by atoms with Gasteiger partial charge < -0.3 is 5.32 Å². The van der Waals surface area contributed by atoms with E-state index in [1.54, 1.807) is 35.2 Å². The fraction of sp³-hybridized carbons (Fsp3) is 0.0968. The van der Waals surface area contributed by atoms with Gasteiger partial charge in [0.1, 0.15) is 0 Å². The van der Waals surface area contributed by atoms with E-state index in [0.29, 0.717) is 23.1 Å². The summed E-state index contributed by atoms with van der Waals surface area (Å²) in [7, 11) is 0. The minimum Gasteiger partial charge on any atom is -0.325 e. The van der Waals surface area contributed by atoms with Gasteiger partial charge >= 0.3 is 0 Å². The predicted octanol–water partition coefficient (Wildman–Crippen LogP) is 7.53. The Bertz CT molecular complexity index is 1880. The molecule has 2 aromatic heterocycles. The molecule has 9 nitrogen and oxygen atoms in total. The minimum absolute atomic E-state index is 0.0766. The molecule has 214 valence electrons. The molecule has 0 saturated carbocycles. The number of non-ortho nitro benzene ring substituents is 1. The highest BCUT2D eigenvalue weighted by molar-refractivity contribution is 8.00. The fourth-order valence-corrected chi connectivity index (χ4v) is 7.14. The Morgan fingerprint density at radius 2 is 1.63 bits per heavy atom. The summed E-state index contributed by atoms with van der Waals surface area (Å²) in [6.45, 7) is 0.592. The van der Waals surface area contributed by atoms with E-state index in [4.69, 9.17) is 0 Å². The van der Waals surface area contributed by atoms with Crippen LogP contribution in [0.4, 0.5) is 11.4 Å². The molecule has 0 bridgehead atoms. The van der Waals surface area contributed by atoms with Crippen LogP contribution in [0.15, 0.2) is 113 Å². The normalized spacial score (nSPS) is 11.1. The molecule has 4 aromatic carbocycles. The van der Waals surface area contributed by atoms with Crippen LogP contribution in [-0.2, 0) is 17.1 Å². The topological polar surface area (TPSA) is 116 Å². The number of thiazole rings is 1. The highest BCUT2D eigenvalue weighted by Crippen LogP contribution is 2.33. The lowest BCUT2D eigenvalue weighted by atomic mass is 10.2. The number of carbonyl (C=O) groups is 1. The zero-order chi connectivity index (χ0) is 29.6. The molecule has 0 aliphatic carbocycles. The molecule has 43 heavy (non-hydrogen) atoms. The second-order valence-electron chi connectivity index (χ2n) is 9.46. The van der Waals surface area contributed by atoms with Crippen LogP contribution in [0.2, 0.25) is 0 Å². The first-order valence-electron chi connectivity index (χ1n) is 13.2. The number of nitro groups is 1. The highest BCUT2D eigenvalue weighted by Gasteiger charge is 2.17. The van der Waals surface area contributed by atoms with E-state index < -0.39 is 4.92 Å². The third-order valence-electron chi connectivity index (χ3n) is 6.43. The number of anilines is 1. The van der Waals surface area contributed by atoms with E-state index in [9.17, 15) is 14.9 Å². The smallest absolute Gasteiger partial charge is 0.269 e. The fourth-order valence-electron chi connectivity index (χ4n) is 4.33. The van der Waals surface area contributed by atoms with Crippen molar-refractivity contribution in [2.75, 3.05) is 11.1 Å². The SMILES string of the molecule is O=C(CSc1nnc(-c2ccccc2)n1Cc1ccccc1)Nc1ccc2nc(SCc3ccc([N+](=O)[O-])cc3)sc2c1. The van der Waals surface area contributed by atoms with Crippen LogP contribution in [0, 0.1) is 10.1 Å². The molecule has 0 fully saturated rings. The van der Waals surface area contributed by atoms with Crippen molar-refractivity contribution in [3.63, 3.8) is 0 Å². The Hall–Kier alpha value is -4.52. The van der Waals surface area contributed by atoms with Crippen LogP contribution in [0.1, 0.15) is 11.1 Å². The van der Waals surface area contributed by atoms with Crippen LogP contribution in [0.5, 0.6) is 0 Å². The molecule has 0 spiro atoms. The van der Waals surface area contributed by atoms with Gasteiger partial charge in [-0.25, -0.2) is 4.98 Å². The van der Waals surface area contributed by atoms with Gasteiger partial charge in [-0.05, 0) is 29.3 Å². The van der Waals surface area contributed by atoms with Crippen molar-refractivity contribution in [1.29, 1.82) is 0 Å². The number of amides is 1. The first-order valence-corrected chi connectivity index (χ1v) is 16.0. The monoisotopic (exact) mass is 624 g/mol. The number of benzene rings is 4. The van der Waals surface area contributed by atoms with Crippen molar-refractivity contribution in [1.82, 2.24) is 19.7 Å². The number of aromatic nitrogens is 4. The van der Waals surface area contributed by atoms with Crippen LogP contribution in [-0.4, -0.2) is 36.3 Å². The molecule has 12 heteroatoms. The molecule has 0 aliphatic heterocycles. The zero-order valence-electron chi connectivity index (χ0n) is 22.6. The highest BCUT2D eigenvalue weighted by atomic mass is 32.2. The van der Waals surface area contributed by atoms with Gasteiger partial charge in [0, 0.05) is 29.1 Å². The summed E-state index contributed by atoms with van der Waals surface area (Å²) in [6.07, 6.45) is 0. The lowest BCUT2D eigenvalue weighted by Crippen LogP contribution is -2.14. The lowest BCUT2D eigenvalue weighted by Gasteiger charge is -2.11. The van der Waals surface area contributed by atoms with Gasteiger partial charge in [-0.3, -0.25) is 19.5 Å². The van der Waals surface area contributed by atoms with Crippen molar-refractivity contribution >= 4 is 62.4 Å². The number of nitrogens with zero attached hydrogens (tertiary/aromatic N) is 5. The van der Waals surface area contributed by atoms with Crippen LogP contribution < -0.4 is 5.32 Å². The largest absolute Gasteiger partial charge is 0.325 e. The number of hydrogen-bond acceptors (Lipinski definition) is 9. The zero-order valence-corrected chi connectivity index (χ0v) is 25.1. The number of carbonyl (C=O) groups excluding carboxylic acids is 1. The number of fused-ring (bicyclic) bond motifs is 1. The van der Waals surface area contributed by atoms with Crippen LogP contribution in [0.3, 0.4) is 0 Å². The number of nitro benzene ring substituents is 1. The van der Waals surface area contributed by atoms with Gasteiger partial charge in [0.05, 0.1) is 27.4 Å². The van der Waals surface area contributed by atoms with Gasteiger partial charge in [-0.2, -0.15) is 0 Å². The summed E-state index contributed by atoms with van der Waals surface area (Å²) >= 11 is 4.47. The van der Waals surface area contributed by atoms with Gasteiger partial charge in [0.2, 0.25) is 5.91 Å². The number of thioether (sulfide) groups is 2. The Morgan fingerprint density at radius 1 is 0.884 bits per heavy atom. The molecule has 6 aromatic rings. The van der Waals surface area contributed by atoms with Gasteiger partial charge in [-0.15, -0.1) is 21.5 Å². The summed E-state index contributed by atoms with van der Waals surface area (Å²) in [5.74, 6) is 1.44. The molecule has 1 amide bonds. The summed E-state index contributed by atoms with van der Waals surface area (Å²) in [6, 6.07) is 32.2. The average Bonchev–Trinajstić information content (AvgIpc) is 3.63. The van der Waals surface area contributed by atoms with E-state index >= 15 is 0 Å². The maximum absolute atomic E-state index is 13.0. The van der Waals surface area contributed by atoms with Crippen LogP contribution in [0.25, 0.3) is 21.6 Å². The molecule has 6 rings (SSSR count). The van der Waals surface area contributed by atoms with E-state index in [0.717, 1.165) is 37.1 Å². The number of hydrogen-bond donors (Lipinski definition) is 1. The van der Waals surface area contributed by atoms with Crippen molar-refractivity contribution < 1.29 is 9.72 Å². The third-order valence-corrected chi connectivity index (χ3v) is 9.63. The molecule has 0 unspecified atom stereocenters. The van der Waals surface area contributed by atoms with Gasteiger partial charge in [0.15, 0.2) is 15.3 Å². The number of nitrogens with one attached hydrogen (secondary N) is 1. The second-order valence-corrected chi connectivity index (χ2v) is 12.7. The van der Waals surface area contributed by atoms with E-state index in [1.807, 2.05) is 71.3 Å². The molecule has 0 saturated heterocycles. The minimum atomic E-state index is -0.403. The molecular formula is C31H24N6O3S3. The Labute approximate surface area is 259 Å². The quantitative estimate of drug-likeness (QED) is 0.0893. The van der Waals surface area contributed by atoms with Gasteiger partial charge in [-0.1, -0.05) is 96.3 Å². The standard InChI is InChI=1S/C31H24N6O3S3/c38-28(20-41-30-35-34-29(23-9-5-2-6-10-23)36(30)18-21-7-3-1-4-8-21)32-24-13-16-26-27(17-24)43-31(33-26)42-19-22-11-14-25(15-12-22)37(39)40/h1-17H,18-20H2,(H,32,38). The van der Waals surface area contributed by atoms with Crippen molar-refractivity contribution in [2.24, 2.45) is 0 Å². The van der Waals surface area contributed by atoms with E-state index in [-0.39, 0.29) is 17.3 Å². The average molecular weight is 625 g/mol. The second kappa shape index (κ2) is 13.2. The summed E-state index contributed by atoms with van der Waals surface area (Å²) in [5, 5.41) is 23.4. The third kappa shape index (κ3) is 7.11.